The summed E-state index contributed by atoms with van der Waals surface area (Å²) < 4.78 is 18.1. The van der Waals surface area contributed by atoms with Gasteiger partial charge in [-0.2, -0.15) is 0 Å². The molecule has 10 heteroatoms. The van der Waals surface area contributed by atoms with E-state index in [1.54, 1.807) is 17.4 Å². The third kappa shape index (κ3) is 9.30. The van der Waals surface area contributed by atoms with E-state index in [4.69, 9.17) is 19.3 Å². The highest BCUT2D eigenvalue weighted by Gasteiger charge is 2.18. The lowest BCUT2D eigenvalue weighted by atomic mass is 10.1. The number of nitrogens with zero attached hydrogens (tertiary/aromatic N) is 3. The number of pyridine rings is 1. The third-order valence-electron chi connectivity index (χ3n) is 7.91. The van der Waals surface area contributed by atoms with Crippen LogP contribution in [0.15, 0.2) is 60.0 Å². The van der Waals surface area contributed by atoms with Crippen molar-refractivity contribution in [3.63, 3.8) is 0 Å². The number of anilines is 1. The molecular formula is C34H41N3O6S. The van der Waals surface area contributed by atoms with Crippen molar-refractivity contribution >= 4 is 50.0 Å². The molecule has 234 valence electrons. The first-order valence-electron chi connectivity index (χ1n) is 15.5. The van der Waals surface area contributed by atoms with Crippen molar-refractivity contribution in [2.45, 2.75) is 51.4 Å². The van der Waals surface area contributed by atoms with Crippen LogP contribution in [0.4, 0.5) is 5.69 Å². The highest BCUT2D eigenvalue weighted by molar-refractivity contribution is 7.17. The highest BCUT2D eigenvalue weighted by atomic mass is 32.1. The van der Waals surface area contributed by atoms with Crippen molar-refractivity contribution in [1.29, 1.82) is 0 Å². The quantitative estimate of drug-likeness (QED) is 0.0783. The van der Waals surface area contributed by atoms with E-state index in [1.165, 1.54) is 15.8 Å². The normalized spacial score (nSPS) is 13.8. The highest BCUT2D eigenvalue weighted by Crippen LogP contribution is 2.31. The molecule has 1 saturated heterocycles. The van der Waals surface area contributed by atoms with Crippen LogP contribution in [-0.2, 0) is 14.3 Å². The molecular weight excluding hydrogens is 578 g/mol. The van der Waals surface area contributed by atoms with Gasteiger partial charge in [0.2, 0.25) is 12.7 Å². The van der Waals surface area contributed by atoms with E-state index in [2.05, 4.69) is 44.4 Å². The Labute approximate surface area is 262 Å². The van der Waals surface area contributed by atoms with Crippen molar-refractivity contribution in [3.05, 3.63) is 60.0 Å². The van der Waals surface area contributed by atoms with Crippen LogP contribution in [0.2, 0.25) is 0 Å². The summed E-state index contributed by atoms with van der Waals surface area (Å²) in [5.74, 6) is 0.0214. The molecule has 0 radical (unpaired) electrons. The van der Waals surface area contributed by atoms with Crippen LogP contribution in [0.5, 0.6) is 11.6 Å². The van der Waals surface area contributed by atoms with E-state index < -0.39 is 5.97 Å². The van der Waals surface area contributed by atoms with Crippen molar-refractivity contribution in [2.24, 2.45) is 0 Å². The number of carbonyl (C=O) groups is 2. The lowest BCUT2D eigenvalue weighted by molar-refractivity contribution is -0.150. The predicted octanol–water partition coefficient (Wildman–Crippen LogP) is 6.74. The Morgan fingerprint density at radius 2 is 1.68 bits per heavy atom. The number of esters is 1. The van der Waals surface area contributed by atoms with Crippen molar-refractivity contribution in [3.8, 4) is 11.6 Å². The number of hydrogen-bond donors (Lipinski definition) is 1. The van der Waals surface area contributed by atoms with Crippen LogP contribution in [0.25, 0.3) is 21.0 Å². The minimum Gasteiger partial charge on any atom is -0.494 e. The standard InChI is InChI=1S/C34H41N3O6S/c38-33(39)10-3-1-2-4-11-34(40)43-25-42-32-15-13-26-12-14-27(24-29(26)35-32)41-22-6-5-17-36-18-20-37(21-19-36)30-8-7-9-31-28(30)16-23-44-31/h7-9,12-16,23-24H,1-6,10-11,17-22,25H2,(H,38,39). The topological polar surface area (TPSA) is 101 Å². The Bertz CT molecular complexity index is 1520. The van der Waals surface area contributed by atoms with E-state index in [0.29, 0.717) is 25.3 Å². The summed E-state index contributed by atoms with van der Waals surface area (Å²) in [5, 5.41) is 13.2. The molecule has 4 aromatic rings. The first-order valence-corrected chi connectivity index (χ1v) is 16.4. The van der Waals surface area contributed by atoms with Gasteiger partial charge in [0, 0.05) is 72.3 Å². The summed E-state index contributed by atoms with van der Waals surface area (Å²) in [6.45, 7) is 5.80. The number of thiophene rings is 1. The average molecular weight is 620 g/mol. The van der Waals surface area contributed by atoms with Crippen molar-refractivity contribution < 1.29 is 28.9 Å². The van der Waals surface area contributed by atoms with Crippen LogP contribution >= 0.6 is 11.3 Å². The minimum absolute atomic E-state index is 0.165. The number of aliphatic carboxylic acids is 1. The maximum atomic E-state index is 11.9. The summed E-state index contributed by atoms with van der Waals surface area (Å²) in [7, 11) is 0. The number of ether oxygens (including phenoxy) is 3. The van der Waals surface area contributed by atoms with Crippen LogP contribution < -0.4 is 14.4 Å². The fraction of sp³-hybridized carbons (Fsp3) is 0.441. The number of aromatic nitrogens is 1. The van der Waals surface area contributed by atoms with Crippen LogP contribution in [-0.4, -0.2) is 73.1 Å². The smallest absolute Gasteiger partial charge is 0.308 e. The summed E-state index contributed by atoms with van der Waals surface area (Å²) in [4.78, 5) is 32.1. The molecule has 2 aromatic carbocycles. The SMILES string of the molecule is O=C(O)CCCCCCC(=O)OCOc1ccc2ccc(OCCCCN3CCN(c4cccc5sccc45)CC3)cc2n1. The monoisotopic (exact) mass is 619 g/mol. The van der Waals surface area contributed by atoms with Crippen LogP contribution in [0.3, 0.4) is 0 Å². The first kappa shape index (κ1) is 31.5. The minimum atomic E-state index is -0.789. The largest absolute Gasteiger partial charge is 0.494 e. The zero-order chi connectivity index (χ0) is 30.6. The Kier molecular flexibility index (Phi) is 11.7. The molecule has 3 heterocycles. The third-order valence-corrected chi connectivity index (χ3v) is 8.79. The summed E-state index contributed by atoms with van der Waals surface area (Å²) in [6.07, 6.45) is 5.40. The van der Waals surface area contributed by atoms with Gasteiger partial charge < -0.3 is 24.2 Å². The molecule has 9 nitrogen and oxygen atoms in total. The molecule has 44 heavy (non-hydrogen) atoms. The fourth-order valence-corrected chi connectivity index (χ4v) is 6.28. The Morgan fingerprint density at radius 1 is 0.864 bits per heavy atom. The molecule has 1 N–H and O–H groups in total. The van der Waals surface area contributed by atoms with Gasteiger partial charge in [-0.05, 0) is 74.0 Å². The van der Waals surface area contributed by atoms with Crippen molar-refractivity contribution in [2.75, 3.05) is 51.0 Å². The van der Waals surface area contributed by atoms with Gasteiger partial charge in [-0.25, -0.2) is 4.98 Å². The maximum Gasteiger partial charge on any atom is 0.308 e. The van der Waals surface area contributed by atoms with E-state index in [1.807, 2.05) is 24.3 Å². The first-order chi connectivity index (χ1) is 21.5. The number of benzene rings is 2. The Balaban J connectivity index is 0.965. The second kappa shape index (κ2) is 16.3. The van der Waals surface area contributed by atoms with Gasteiger partial charge in [0.1, 0.15) is 5.75 Å². The van der Waals surface area contributed by atoms with E-state index in [9.17, 15) is 9.59 Å². The molecule has 5 rings (SSSR count). The Morgan fingerprint density at radius 3 is 2.52 bits per heavy atom. The molecule has 0 unspecified atom stereocenters. The predicted molar refractivity (Wildman–Crippen MR) is 174 cm³/mol. The maximum absolute atomic E-state index is 11.9. The van der Waals surface area contributed by atoms with Gasteiger partial charge in [-0.1, -0.05) is 18.9 Å². The average Bonchev–Trinajstić information content (AvgIpc) is 3.52. The zero-order valence-electron chi connectivity index (χ0n) is 25.1. The van der Waals surface area contributed by atoms with Crippen LogP contribution in [0, 0.1) is 0 Å². The number of fused-ring (bicyclic) bond motifs is 2. The number of carbonyl (C=O) groups excluding carboxylic acids is 1. The molecule has 0 amide bonds. The molecule has 1 aliphatic rings. The number of carboxylic acid groups (broad SMARTS) is 1. The number of unbranched alkanes of at least 4 members (excludes halogenated alkanes) is 4. The molecule has 0 saturated carbocycles. The lowest BCUT2D eigenvalue weighted by Gasteiger charge is -2.36. The molecule has 0 bridgehead atoms. The fourth-order valence-electron chi connectivity index (χ4n) is 5.47. The molecule has 1 fully saturated rings. The van der Waals surface area contributed by atoms with Gasteiger partial charge in [-0.15, -0.1) is 11.3 Å². The number of hydrogen-bond acceptors (Lipinski definition) is 9. The lowest BCUT2D eigenvalue weighted by Crippen LogP contribution is -2.46. The number of carboxylic acids is 1. The van der Waals surface area contributed by atoms with E-state index in [-0.39, 0.29) is 25.6 Å². The van der Waals surface area contributed by atoms with Gasteiger partial charge in [0.05, 0.1) is 12.1 Å². The zero-order valence-corrected chi connectivity index (χ0v) is 25.9. The summed E-state index contributed by atoms with van der Waals surface area (Å²) in [6, 6.07) is 18.4. The second-order valence-corrected chi connectivity index (χ2v) is 12.0. The number of rotatable bonds is 17. The summed E-state index contributed by atoms with van der Waals surface area (Å²) >= 11 is 1.81. The molecule has 0 aliphatic carbocycles. The molecule has 2 aromatic heterocycles. The summed E-state index contributed by atoms with van der Waals surface area (Å²) in [5.41, 5.74) is 2.11. The van der Waals surface area contributed by atoms with Gasteiger partial charge in [0.15, 0.2) is 0 Å². The van der Waals surface area contributed by atoms with Gasteiger partial charge in [0.25, 0.3) is 0 Å². The molecule has 1 aliphatic heterocycles. The molecule has 0 atom stereocenters. The van der Waals surface area contributed by atoms with Crippen molar-refractivity contribution in [1.82, 2.24) is 9.88 Å². The second-order valence-electron chi connectivity index (χ2n) is 11.1. The van der Waals surface area contributed by atoms with E-state index in [0.717, 1.165) is 75.1 Å². The van der Waals surface area contributed by atoms with E-state index >= 15 is 0 Å². The van der Waals surface area contributed by atoms with Gasteiger partial charge in [-0.3, -0.25) is 14.5 Å². The number of piperazine rings is 1. The van der Waals surface area contributed by atoms with Gasteiger partial charge >= 0.3 is 11.9 Å². The van der Waals surface area contributed by atoms with Crippen LogP contribution in [0.1, 0.15) is 51.4 Å². The molecule has 0 spiro atoms. The Hall–Kier alpha value is -3.89.